The molecule has 0 N–H and O–H groups in total. The molecular formula is C20H26N4OS. The van der Waals surface area contributed by atoms with Gasteiger partial charge in [0.2, 0.25) is 0 Å². The Morgan fingerprint density at radius 2 is 1.88 bits per heavy atom. The molecule has 1 aliphatic carbocycles. The standard InChI is InChI=1S/C20H26N4OS/c26-19(15-6-2-1-3-7-15)17-14-18(24-10-12-25-13-11-24)23-20(22-17)16-8-4-5-9-21-16/h4-5,8-9,14-15,19,26H,1-3,6-7,10-13H2. The number of anilines is 1. The van der Waals surface area contributed by atoms with Gasteiger partial charge in [-0.1, -0.05) is 25.3 Å². The Hall–Kier alpha value is -1.66. The van der Waals surface area contributed by atoms with Crippen LogP contribution < -0.4 is 4.90 Å². The molecule has 4 rings (SSSR count). The minimum Gasteiger partial charge on any atom is -0.378 e. The van der Waals surface area contributed by atoms with Gasteiger partial charge in [-0.25, -0.2) is 9.97 Å². The lowest BCUT2D eigenvalue weighted by Gasteiger charge is -2.30. The molecule has 0 amide bonds. The van der Waals surface area contributed by atoms with Crippen LogP contribution in [-0.4, -0.2) is 41.3 Å². The Labute approximate surface area is 160 Å². The summed E-state index contributed by atoms with van der Waals surface area (Å²) >= 11 is 4.98. The Morgan fingerprint density at radius 3 is 2.62 bits per heavy atom. The summed E-state index contributed by atoms with van der Waals surface area (Å²) in [5.74, 6) is 2.25. The molecule has 0 bridgehead atoms. The summed E-state index contributed by atoms with van der Waals surface area (Å²) in [6, 6.07) is 7.99. The summed E-state index contributed by atoms with van der Waals surface area (Å²) in [5, 5.41) is 0.153. The number of hydrogen-bond acceptors (Lipinski definition) is 6. The SMILES string of the molecule is SC(c1cc(N2CCOCC2)nc(-c2ccccn2)n1)C1CCCCC1. The zero-order valence-electron chi connectivity index (χ0n) is 15.0. The average Bonchev–Trinajstić information content (AvgIpc) is 2.75. The van der Waals surface area contributed by atoms with E-state index in [9.17, 15) is 0 Å². The molecule has 1 atom stereocenters. The van der Waals surface area contributed by atoms with Crippen LogP contribution in [0, 0.1) is 5.92 Å². The van der Waals surface area contributed by atoms with E-state index in [2.05, 4.69) is 16.0 Å². The van der Waals surface area contributed by atoms with Crippen LogP contribution in [-0.2, 0) is 4.74 Å². The zero-order valence-corrected chi connectivity index (χ0v) is 15.9. The minimum absolute atomic E-state index is 0.153. The van der Waals surface area contributed by atoms with Gasteiger partial charge in [-0.05, 0) is 30.9 Å². The fourth-order valence-corrected chi connectivity index (χ4v) is 4.29. The number of hydrogen-bond donors (Lipinski definition) is 1. The van der Waals surface area contributed by atoms with E-state index in [1.165, 1.54) is 32.1 Å². The molecular weight excluding hydrogens is 344 g/mol. The Kier molecular flexibility index (Phi) is 5.70. The normalized spacial score (nSPS) is 20.1. The molecule has 6 heteroatoms. The van der Waals surface area contributed by atoms with E-state index >= 15 is 0 Å². The van der Waals surface area contributed by atoms with Crippen LogP contribution in [0.5, 0.6) is 0 Å². The summed E-state index contributed by atoms with van der Waals surface area (Å²) in [6.45, 7) is 3.20. The predicted octanol–water partition coefficient (Wildman–Crippen LogP) is 3.93. The molecule has 138 valence electrons. The van der Waals surface area contributed by atoms with Crippen molar-refractivity contribution in [2.24, 2.45) is 5.92 Å². The molecule has 0 radical (unpaired) electrons. The highest BCUT2D eigenvalue weighted by molar-refractivity contribution is 7.80. The number of morpholine rings is 1. The van der Waals surface area contributed by atoms with Crippen LogP contribution in [0.15, 0.2) is 30.5 Å². The van der Waals surface area contributed by atoms with Crippen LogP contribution in [0.25, 0.3) is 11.5 Å². The molecule has 5 nitrogen and oxygen atoms in total. The van der Waals surface area contributed by atoms with Gasteiger partial charge in [-0.15, -0.1) is 0 Å². The molecule has 26 heavy (non-hydrogen) atoms. The van der Waals surface area contributed by atoms with Gasteiger partial charge in [0.1, 0.15) is 11.5 Å². The maximum atomic E-state index is 5.50. The van der Waals surface area contributed by atoms with Crippen LogP contribution in [0.3, 0.4) is 0 Å². The molecule has 0 aromatic carbocycles. The smallest absolute Gasteiger partial charge is 0.180 e. The van der Waals surface area contributed by atoms with E-state index < -0.39 is 0 Å². The second kappa shape index (κ2) is 8.35. The number of nitrogens with zero attached hydrogens (tertiary/aromatic N) is 4. The van der Waals surface area contributed by atoms with Gasteiger partial charge in [-0.3, -0.25) is 4.98 Å². The lowest BCUT2D eigenvalue weighted by Crippen LogP contribution is -2.37. The largest absolute Gasteiger partial charge is 0.378 e. The molecule has 0 spiro atoms. The van der Waals surface area contributed by atoms with Crippen molar-refractivity contribution in [3.8, 4) is 11.5 Å². The van der Waals surface area contributed by atoms with E-state index in [0.717, 1.165) is 43.5 Å². The van der Waals surface area contributed by atoms with Gasteiger partial charge in [0.05, 0.1) is 18.9 Å². The monoisotopic (exact) mass is 370 g/mol. The molecule has 2 aromatic rings. The maximum absolute atomic E-state index is 5.50. The Bertz CT molecular complexity index is 715. The molecule has 1 aliphatic heterocycles. The number of ether oxygens (including phenoxy) is 1. The highest BCUT2D eigenvalue weighted by Crippen LogP contribution is 2.38. The summed E-state index contributed by atoms with van der Waals surface area (Å²) < 4.78 is 5.50. The van der Waals surface area contributed by atoms with Crippen molar-refractivity contribution < 1.29 is 4.74 Å². The molecule has 2 fully saturated rings. The predicted molar refractivity (Wildman–Crippen MR) is 107 cm³/mol. The van der Waals surface area contributed by atoms with Crippen LogP contribution >= 0.6 is 12.6 Å². The van der Waals surface area contributed by atoms with Crippen LogP contribution in [0.2, 0.25) is 0 Å². The van der Waals surface area contributed by atoms with Crippen molar-refractivity contribution >= 4 is 18.4 Å². The third-order valence-electron chi connectivity index (χ3n) is 5.36. The van der Waals surface area contributed by atoms with Crippen molar-refractivity contribution in [1.82, 2.24) is 15.0 Å². The van der Waals surface area contributed by atoms with Gasteiger partial charge in [0.15, 0.2) is 5.82 Å². The van der Waals surface area contributed by atoms with Gasteiger partial charge >= 0.3 is 0 Å². The van der Waals surface area contributed by atoms with Gasteiger partial charge in [0.25, 0.3) is 0 Å². The number of rotatable bonds is 4. The van der Waals surface area contributed by atoms with Crippen molar-refractivity contribution in [2.45, 2.75) is 37.4 Å². The van der Waals surface area contributed by atoms with Crippen molar-refractivity contribution in [3.63, 3.8) is 0 Å². The van der Waals surface area contributed by atoms with Crippen molar-refractivity contribution in [2.75, 3.05) is 31.2 Å². The van der Waals surface area contributed by atoms with Crippen molar-refractivity contribution in [3.05, 3.63) is 36.2 Å². The Balaban J connectivity index is 1.69. The number of pyridine rings is 1. The maximum Gasteiger partial charge on any atom is 0.180 e. The quantitative estimate of drug-likeness (QED) is 0.827. The highest BCUT2D eigenvalue weighted by atomic mass is 32.1. The fourth-order valence-electron chi connectivity index (χ4n) is 3.86. The molecule has 1 unspecified atom stereocenters. The van der Waals surface area contributed by atoms with Crippen LogP contribution in [0.4, 0.5) is 5.82 Å². The summed E-state index contributed by atoms with van der Waals surface area (Å²) in [6.07, 6.45) is 8.22. The average molecular weight is 371 g/mol. The van der Waals surface area contributed by atoms with E-state index in [-0.39, 0.29) is 5.25 Å². The lowest BCUT2D eigenvalue weighted by molar-refractivity contribution is 0.122. The van der Waals surface area contributed by atoms with Gasteiger partial charge < -0.3 is 9.64 Å². The highest BCUT2D eigenvalue weighted by Gasteiger charge is 2.25. The van der Waals surface area contributed by atoms with Crippen molar-refractivity contribution in [1.29, 1.82) is 0 Å². The molecule has 2 aliphatic rings. The van der Waals surface area contributed by atoms with E-state index in [1.54, 1.807) is 6.20 Å². The molecule has 2 aromatic heterocycles. The first-order valence-corrected chi connectivity index (χ1v) is 10.1. The second-order valence-electron chi connectivity index (χ2n) is 7.13. The minimum atomic E-state index is 0.153. The van der Waals surface area contributed by atoms with Gasteiger partial charge in [-0.2, -0.15) is 12.6 Å². The van der Waals surface area contributed by atoms with Crippen LogP contribution in [0.1, 0.15) is 43.0 Å². The number of thiol groups is 1. The zero-order chi connectivity index (χ0) is 17.8. The summed E-state index contributed by atoms with van der Waals surface area (Å²) in [7, 11) is 0. The summed E-state index contributed by atoms with van der Waals surface area (Å²) in [4.78, 5) is 16.4. The topological polar surface area (TPSA) is 51.1 Å². The molecule has 1 saturated carbocycles. The third-order valence-corrected chi connectivity index (χ3v) is 6.05. The fraction of sp³-hybridized carbons (Fsp3) is 0.550. The first-order chi connectivity index (χ1) is 12.8. The van der Waals surface area contributed by atoms with E-state index in [0.29, 0.717) is 11.7 Å². The number of aromatic nitrogens is 3. The summed E-state index contributed by atoms with van der Waals surface area (Å²) in [5.41, 5.74) is 1.84. The molecule has 1 saturated heterocycles. The van der Waals surface area contributed by atoms with E-state index in [1.807, 2.05) is 18.2 Å². The first kappa shape index (κ1) is 17.7. The second-order valence-corrected chi connectivity index (χ2v) is 7.69. The lowest BCUT2D eigenvalue weighted by atomic mass is 9.85. The first-order valence-electron chi connectivity index (χ1n) is 9.62. The van der Waals surface area contributed by atoms with Gasteiger partial charge in [0, 0.05) is 30.6 Å². The third kappa shape index (κ3) is 4.01. The Morgan fingerprint density at radius 1 is 1.08 bits per heavy atom. The molecule has 3 heterocycles. The van der Waals surface area contributed by atoms with E-state index in [4.69, 9.17) is 27.3 Å².